The van der Waals surface area contributed by atoms with Crippen LogP contribution in [0.2, 0.25) is 0 Å². The van der Waals surface area contributed by atoms with Crippen LogP contribution in [0.4, 0.5) is 0 Å². The number of hydrogen-bond acceptors (Lipinski definition) is 4. The molecular formula is C7H8BrNO4S. The Morgan fingerprint density at radius 3 is 2.57 bits per heavy atom. The highest BCUT2D eigenvalue weighted by Crippen LogP contribution is 2.34. The SMILES string of the molecule is COc1c(Br)cccc1OS(N)(=O)=O. The molecule has 0 aliphatic heterocycles. The summed E-state index contributed by atoms with van der Waals surface area (Å²) in [4.78, 5) is 0. The molecule has 0 atom stereocenters. The van der Waals surface area contributed by atoms with Crippen molar-refractivity contribution in [1.82, 2.24) is 0 Å². The van der Waals surface area contributed by atoms with E-state index in [1.165, 1.54) is 13.2 Å². The lowest BCUT2D eigenvalue weighted by molar-refractivity contribution is 0.388. The molecule has 0 amide bonds. The van der Waals surface area contributed by atoms with Gasteiger partial charge in [0.25, 0.3) is 0 Å². The minimum absolute atomic E-state index is 0.0457. The summed E-state index contributed by atoms with van der Waals surface area (Å²) in [7, 11) is -2.63. The molecule has 0 heterocycles. The Kier molecular flexibility index (Phi) is 3.35. The molecule has 0 aliphatic rings. The van der Waals surface area contributed by atoms with Crippen molar-refractivity contribution in [3.8, 4) is 11.5 Å². The lowest BCUT2D eigenvalue weighted by Gasteiger charge is -2.08. The fourth-order valence-corrected chi connectivity index (χ4v) is 1.77. The molecule has 0 aliphatic carbocycles. The summed E-state index contributed by atoms with van der Waals surface area (Å²) in [5.74, 6) is 0.325. The van der Waals surface area contributed by atoms with Gasteiger partial charge < -0.3 is 8.92 Å². The van der Waals surface area contributed by atoms with Crippen molar-refractivity contribution in [2.45, 2.75) is 0 Å². The highest BCUT2D eigenvalue weighted by Gasteiger charge is 2.12. The van der Waals surface area contributed by atoms with Gasteiger partial charge in [-0.05, 0) is 28.1 Å². The second kappa shape index (κ2) is 4.16. The van der Waals surface area contributed by atoms with E-state index in [2.05, 4.69) is 20.1 Å². The Morgan fingerprint density at radius 1 is 1.43 bits per heavy atom. The van der Waals surface area contributed by atoms with Gasteiger partial charge in [-0.2, -0.15) is 13.6 Å². The molecule has 1 aromatic carbocycles. The van der Waals surface area contributed by atoms with Gasteiger partial charge in [0.05, 0.1) is 11.6 Å². The molecule has 0 bridgehead atoms. The number of rotatable bonds is 3. The van der Waals surface area contributed by atoms with Crippen molar-refractivity contribution in [2.24, 2.45) is 5.14 Å². The highest BCUT2D eigenvalue weighted by atomic mass is 79.9. The molecule has 0 saturated carbocycles. The quantitative estimate of drug-likeness (QED) is 0.898. The van der Waals surface area contributed by atoms with Crippen LogP contribution in [0.25, 0.3) is 0 Å². The van der Waals surface area contributed by atoms with Crippen LogP contribution in [0.1, 0.15) is 0 Å². The lowest BCUT2D eigenvalue weighted by atomic mass is 10.3. The van der Waals surface area contributed by atoms with Gasteiger partial charge in [-0.3, -0.25) is 0 Å². The molecule has 0 saturated heterocycles. The average molecular weight is 282 g/mol. The molecule has 0 radical (unpaired) electrons. The van der Waals surface area contributed by atoms with Crippen molar-refractivity contribution in [3.63, 3.8) is 0 Å². The van der Waals surface area contributed by atoms with E-state index in [4.69, 9.17) is 9.88 Å². The van der Waals surface area contributed by atoms with E-state index >= 15 is 0 Å². The molecule has 5 nitrogen and oxygen atoms in total. The summed E-state index contributed by atoms with van der Waals surface area (Å²) < 4.78 is 31.3. The molecule has 7 heteroatoms. The second-order valence-corrected chi connectivity index (χ2v) is 4.35. The molecule has 2 N–H and O–H groups in total. The molecule has 1 rings (SSSR count). The third-order valence-corrected chi connectivity index (χ3v) is 2.38. The van der Waals surface area contributed by atoms with Crippen LogP contribution in [0.15, 0.2) is 22.7 Å². The van der Waals surface area contributed by atoms with Crippen LogP contribution in [-0.2, 0) is 10.3 Å². The van der Waals surface area contributed by atoms with E-state index in [0.29, 0.717) is 4.47 Å². The largest absolute Gasteiger partial charge is 0.492 e. The van der Waals surface area contributed by atoms with Crippen LogP contribution in [0.5, 0.6) is 11.5 Å². The van der Waals surface area contributed by atoms with Gasteiger partial charge in [-0.1, -0.05) is 6.07 Å². The summed E-state index contributed by atoms with van der Waals surface area (Å²) in [6.07, 6.45) is 0. The van der Waals surface area contributed by atoms with E-state index in [1.54, 1.807) is 12.1 Å². The topological polar surface area (TPSA) is 78.6 Å². The Bertz CT molecular complexity index is 431. The normalized spacial score (nSPS) is 11.1. The highest BCUT2D eigenvalue weighted by molar-refractivity contribution is 9.10. The molecule has 0 unspecified atom stereocenters. The van der Waals surface area contributed by atoms with Crippen LogP contribution in [0.3, 0.4) is 0 Å². The first kappa shape index (κ1) is 11.3. The van der Waals surface area contributed by atoms with Crippen molar-refractivity contribution < 1.29 is 17.3 Å². The van der Waals surface area contributed by atoms with Crippen LogP contribution >= 0.6 is 15.9 Å². The second-order valence-electron chi connectivity index (χ2n) is 2.35. The van der Waals surface area contributed by atoms with Crippen molar-refractivity contribution in [1.29, 1.82) is 0 Å². The van der Waals surface area contributed by atoms with E-state index < -0.39 is 10.3 Å². The fourth-order valence-electron chi connectivity index (χ4n) is 0.878. The Balaban J connectivity index is 3.15. The molecule has 1 aromatic rings. The third kappa shape index (κ3) is 2.86. The van der Waals surface area contributed by atoms with Gasteiger partial charge in [0, 0.05) is 0 Å². The Morgan fingerprint density at radius 2 is 2.07 bits per heavy atom. The maximum absolute atomic E-state index is 10.7. The number of halogens is 1. The van der Waals surface area contributed by atoms with E-state index in [1.807, 2.05) is 0 Å². The number of para-hydroxylation sites is 1. The standard InChI is InChI=1S/C7H8BrNO4S/c1-12-7-5(8)3-2-4-6(7)13-14(9,10)11/h2-4H,1H3,(H2,9,10,11). The molecule has 14 heavy (non-hydrogen) atoms. The number of benzene rings is 1. The summed E-state index contributed by atoms with van der Waals surface area (Å²) in [5, 5.41) is 4.72. The zero-order valence-corrected chi connectivity index (χ0v) is 9.63. The smallest absolute Gasteiger partial charge is 0.380 e. The third-order valence-electron chi connectivity index (χ3n) is 1.34. The first-order valence-corrected chi connectivity index (χ1v) is 5.75. The lowest BCUT2D eigenvalue weighted by Crippen LogP contribution is -2.19. The number of methoxy groups -OCH3 is 1. The van der Waals surface area contributed by atoms with Gasteiger partial charge in [-0.25, -0.2) is 0 Å². The van der Waals surface area contributed by atoms with Gasteiger partial charge in [-0.15, -0.1) is 0 Å². The van der Waals surface area contributed by atoms with Crippen molar-refractivity contribution in [3.05, 3.63) is 22.7 Å². The predicted molar refractivity (Wildman–Crippen MR) is 54.4 cm³/mol. The Hall–Kier alpha value is -0.790. The van der Waals surface area contributed by atoms with Crippen molar-refractivity contribution in [2.75, 3.05) is 7.11 Å². The van der Waals surface area contributed by atoms with Crippen molar-refractivity contribution >= 4 is 26.2 Å². The predicted octanol–water partition coefficient (Wildman–Crippen LogP) is 1.04. The van der Waals surface area contributed by atoms with E-state index in [9.17, 15) is 8.42 Å². The zero-order valence-electron chi connectivity index (χ0n) is 7.23. The number of nitrogens with two attached hydrogens (primary N) is 1. The first-order chi connectivity index (χ1) is 6.44. The summed E-state index contributed by atoms with van der Waals surface area (Å²) in [6.45, 7) is 0. The maximum atomic E-state index is 10.7. The molecular weight excluding hydrogens is 274 g/mol. The minimum atomic E-state index is -4.03. The van der Waals surface area contributed by atoms with Gasteiger partial charge >= 0.3 is 10.3 Å². The number of hydrogen-bond donors (Lipinski definition) is 1. The van der Waals surface area contributed by atoms with Gasteiger partial charge in [0.2, 0.25) is 0 Å². The summed E-state index contributed by atoms with van der Waals surface area (Å²) in [6, 6.07) is 4.73. The zero-order chi connectivity index (χ0) is 10.8. The summed E-state index contributed by atoms with van der Waals surface area (Å²) in [5.41, 5.74) is 0. The number of ether oxygens (including phenoxy) is 1. The monoisotopic (exact) mass is 281 g/mol. The Labute approximate surface area is 90.2 Å². The molecule has 78 valence electrons. The minimum Gasteiger partial charge on any atom is -0.492 e. The fraction of sp³-hybridized carbons (Fsp3) is 0.143. The van der Waals surface area contributed by atoms with E-state index in [0.717, 1.165) is 0 Å². The maximum Gasteiger partial charge on any atom is 0.380 e. The molecule has 0 spiro atoms. The summed E-state index contributed by atoms with van der Waals surface area (Å²) >= 11 is 3.17. The first-order valence-electron chi connectivity index (χ1n) is 3.49. The van der Waals surface area contributed by atoms with Gasteiger partial charge in [0.15, 0.2) is 11.5 Å². The average Bonchev–Trinajstić information content (AvgIpc) is 2.01. The van der Waals surface area contributed by atoms with Crippen LogP contribution < -0.4 is 14.1 Å². The van der Waals surface area contributed by atoms with E-state index in [-0.39, 0.29) is 11.5 Å². The van der Waals surface area contributed by atoms with Gasteiger partial charge in [0.1, 0.15) is 0 Å². The molecule has 0 aromatic heterocycles. The van der Waals surface area contributed by atoms with Crippen LogP contribution in [-0.4, -0.2) is 15.5 Å². The van der Waals surface area contributed by atoms with Crippen LogP contribution in [0, 0.1) is 0 Å². The molecule has 0 fully saturated rings.